The maximum Gasteiger partial charge on any atom is 0.491 e. The molecule has 0 unspecified atom stereocenters. The molecule has 15 heavy (non-hydrogen) atoms. The van der Waals surface area contributed by atoms with Crippen molar-refractivity contribution >= 4 is 11.9 Å². The molecule has 1 aliphatic carbocycles. The minimum atomic E-state index is -5.13. The number of alkyl halides is 3. The number of rotatable bonds is 1. The van der Waals surface area contributed by atoms with Crippen LogP contribution in [0, 0.1) is 5.92 Å². The Balaban J connectivity index is 2.46. The lowest BCUT2D eigenvalue weighted by molar-refractivity contribution is -0.203. The predicted octanol–water partition coefficient (Wildman–Crippen LogP) is 0.746. The molecule has 7 heteroatoms. The minimum absolute atomic E-state index is 0.205. The molecule has 1 saturated carbocycles. The summed E-state index contributed by atoms with van der Waals surface area (Å²) in [5.74, 6) is -4.29. The Morgan fingerprint density at radius 3 is 2.27 bits per heavy atom. The Hall–Kier alpha value is -1.11. The summed E-state index contributed by atoms with van der Waals surface area (Å²) in [5, 5.41) is 0. The van der Waals surface area contributed by atoms with E-state index in [1.165, 1.54) is 0 Å². The summed E-state index contributed by atoms with van der Waals surface area (Å²) < 4.78 is 38.9. The average Bonchev–Trinajstić information content (AvgIpc) is 2.50. The van der Waals surface area contributed by atoms with Crippen LogP contribution < -0.4 is 5.73 Å². The van der Waals surface area contributed by atoms with Gasteiger partial charge in [0.05, 0.1) is 5.92 Å². The van der Waals surface area contributed by atoms with Crippen LogP contribution in [0.4, 0.5) is 13.2 Å². The number of ether oxygens (including phenoxy) is 1. The summed E-state index contributed by atoms with van der Waals surface area (Å²) in [6, 6.07) is -0.205. The first-order chi connectivity index (χ1) is 6.80. The fourth-order valence-electron chi connectivity index (χ4n) is 1.46. The normalized spacial score (nSPS) is 26.4. The maximum absolute atomic E-state index is 11.7. The molecular weight excluding hydrogens is 215 g/mol. The zero-order chi connectivity index (χ0) is 11.6. The van der Waals surface area contributed by atoms with Crippen molar-refractivity contribution in [3.05, 3.63) is 0 Å². The lowest BCUT2D eigenvalue weighted by atomic mass is 10.1. The summed E-state index contributed by atoms with van der Waals surface area (Å²) >= 11 is 0. The number of hydrogen-bond donors (Lipinski definition) is 1. The van der Waals surface area contributed by atoms with Gasteiger partial charge in [0.15, 0.2) is 0 Å². The van der Waals surface area contributed by atoms with Crippen molar-refractivity contribution in [2.24, 2.45) is 11.7 Å². The summed E-state index contributed by atoms with van der Waals surface area (Å²) in [5.41, 5.74) is 5.46. The third-order valence-electron chi connectivity index (χ3n) is 2.23. The van der Waals surface area contributed by atoms with Crippen molar-refractivity contribution in [2.75, 3.05) is 0 Å². The van der Waals surface area contributed by atoms with Gasteiger partial charge in [-0.15, -0.1) is 0 Å². The molecular formula is C8H10F3NO3. The van der Waals surface area contributed by atoms with Crippen LogP contribution in [-0.4, -0.2) is 24.2 Å². The first kappa shape index (κ1) is 12.0. The van der Waals surface area contributed by atoms with Crippen LogP contribution in [0.25, 0.3) is 0 Å². The summed E-state index contributed by atoms with van der Waals surface area (Å²) in [6.07, 6.45) is -3.94. The molecule has 0 aromatic carbocycles. The molecule has 0 radical (unpaired) electrons. The van der Waals surface area contributed by atoms with Crippen molar-refractivity contribution in [3.8, 4) is 0 Å². The summed E-state index contributed by atoms with van der Waals surface area (Å²) in [6.45, 7) is 0. The van der Waals surface area contributed by atoms with Gasteiger partial charge >= 0.3 is 18.1 Å². The van der Waals surface area contributed by atoms with E-state index in [-0.39, 0.29) is 12.5 Å². The predicted molar refractivity (Wildman–Crippen MR) is 42.5 cm³/mol. The van der Waals surface area contributed by atoms with Crippen molar-refractivity contribution < 1.29 is 27.5 Å². The monoisotopic (exact) mass is 225 g/mol. The van der Waals surface area contributed by atoms with E-state index in [2.05, 4.69) is 4.74 Å². The van der Waals surface area contributed by atoms with Gasteiger partial charge in [0.2, 0.25) is 0 Å². The Kier molecular flexibility index (Phi) is 3.33. The molecule has 0 saturated heterocycles. The van der Waals surface area contributed by atoms with E-state index in [9.17, 15) is 22.8 Å². The topological polar surface area (TPSA) is 69.4 Å². The van der Waals surface area contributed by atoms with Gasteiger partial charge in [-0.1, -0.05) is 0 Å². The van der Waals surface area contributed by atoms with Gasteiger partial charge < -0.3 is 10.5 Å². The molecule has 0 aromatic rings. The fourth-order valence-corrected chi connectivity index (χ4v) is 1.46. The van der Waals surface area contributed by atoms with Gasteiger partial charge in [0.1, 0.15) is 0 Å². The standard InChI is InChI=1S/C8H10F3NO3/c9-8(10,11)7(14)15-6(13)4-1-2-5(12)3-4/h4-5H,1-3,12H2/t4-,5+/m1/s1. The second kappa shape index (κ2) is 4.18. The molecule has 0 aliphatic heterocycles. The quantitative estimate of drug-likeness (QED) is 0.528. The van der Waals surface area contributed by atoms with Crippen LogP contribution in [0.3, 0.4) is 0 Å². The van der Waals surface area contributed by atoms with Crippen molar-refractivity contribution in [3.63, 3.8) is 0 Å². The first-order valence-electron chi connectivity index (χ1n) is 4.39. The minimum Gasteiger partial charge on any atom is -0.386 e. The van der Waals surface area contributed by atoms with Gasteiger partial charge in [-0.05, 0) is 19.3 Å². The SMILES string of the molecule is N[C@H]1CC[C@@H](C(=O)OC(=O)C(F)(F)F)C1. The zero-order valence-electron chi connectivity index (χ0n) is 7.71. The van der Waals surface area contributed by atoms with E-state index < -0.39 is 24.0 Å². The van der Waals surface area contributed by atoms with Crippen LogP contribution in [0.5, 0.6) is 0 Å². The third kappa shape index (κ3) is 3.19. The van der Waals surface area contributed by atoms with Crippen LogP contribution in [0.15, 0.2) is 0 Å². The zero-order valence-corrected chi connectivity index (χ0v) is 7.71. The number of carbonyl (C=O) groups is 2. The lowest BCUT2D eigenvalue weighted by Crippen LogP contribution is -2.30. The number of halogens is 3. The van der Waals surface area contributed by atoms with Crippen LogP contribution >= 0.6 is 0 Å². The molecule has 0 heterocycles. The molecule has 86 valence electrons. The highest BCUT2D eigenvalue weighted by atomic mass is 19.4. The second-order valence-corrected chi connectivity index (χ2v) is 3.48. The molecule has 1 aliphatic rings. The molecule has 0 aromatic heterocycles. The van der Waals surface area contributed by atoms with E-state index in [0.717, 1.165) is 0 Å². The number of esters is 2. The smallest absolute Gasteiger partial charge is 0.386 e. The number of hydrogen-bond acceptors (Lipinski definition) is 4. The highest BCUT2D eigenvalue weighted by Gasteiger charge is 2.43. The fraction of sp³-hybridized carbons (Fsp3) is 0.750. The Morgan fingerprint density at radius 1 is 1.27 bits per heavy atom. The van der Waals surface area contributed by atoms with Gasteiger partial charge in [-0.25, -0.2) is 4.79 Å². The second-order valence-electron chi connectivity index (χ2n) is 3.48. The van der Waals surface area contributed by atoms with Crippen LogP contribution in [-0.2, 0) is 14.3 Å². The highest BCUT2D eigenvalue weighted by Crippen LogP contribution is 2.26. The molecule has 0 amide bonds. The average molecular weight is 225 g/mol. The van der Waals surface area contributed by atoms with Gasteiger partial charge in [0.25, 0.3) is 0 Å². The van der Waals surface area contributed by atoms with Crippen molar-refractivity contribution in [1.29, 1.82) is 0 Å². The van der Waals surface area contributed by atoms with Crippen LogP contribution in [0.1, 0.15) is 19.3 Å². The molecule has 0 spiro atoms. The van der Waals surface area contributed by atoms with Crippen LogP contribution in [0.2, 0.25) is 0 Å². The first-order valence-corrected chi connectivity index (χ1v) is 4.39. The Bertz CT molecular complexity index is 277. The van der Waals surface area contributed by atoms with E-state index in [1.807, 2.05) is 0 Å². The molecule has 4 nitrogen and oxygen atoms in total. The molecule has 0 bridgehead atoms. The van der Waals surface area contributed by atoms with Gasteiger partial charge in [0, 0.05) is 6.04 Å². The molecule has 2 N–H and O–H groups in total. The van der Waals surface area contributed by atoms with Crippen molar-refractivity contribution in [1.82, 2.24) is 0 Å². The molecule has 1 rings (SSSR count). The molecule has 1 fully saturated rings. The van der Waals surface area contributed by atoms with E-state index >= 15 is 0 Å². The Labute approximate surface area is 83.6 Å². The Morgan fingerprint density at radius 2 is 1.87 bits per heavy atom. The maximum atomic E-state index is 11.7. The van der Waals surface area contributed by atoms with E-state index in [1.54, 1.807) is 0 Å². The van der Waals surface area contributed by atoms with Gasteiger partial charge in [-0.2, -0.15) is 13.2 Å². The summed E-state index contributed by atoms with van der Waals surface area (Å²) in [4.78, 5) is 21.4. The van der Waals surface area contributed by atoms with E-state index in [4.69, 9.17) is 5.73 Å². The van der Waals surface area contributed by atoms with Crippen molar-refractivity contribution in [2.45, 2.75) is 31.5 Å². The lowest BCUT2D eigenvalue weighted by Gasteiger charge is -2.09. The van der Waals surface area contributed by atoms with E-state index in [0.29, 0.717) is 12.8 Å². The highest BCUT2D eigenvalue weighted by molar-refractivity contribution is 5.89. The largest absolute Gasteiger partial charge is 0.491 e. The van der Waals surface area contributed by atoms with Gasteiger partial charge in [-0.3, -0.25) is 4.79 Å². The number of nitrogens with two attached hydrogens (primary N) is 1. The summed E-state index contributed by atoms with van der Waals surface area (Å²) in [7, 11) is 0. The molecule has 2 atom stereocenters. The third-order valence-corrected chi connectivity index (χ3v) is 2.23. The number of carbonyl (C=O) groups excluding carboxylic acids is 2.